The number of fused-ring (bicyclic) bond motifs is 4. The van der Waals surface area contributed by atoms with Crippen molar-refractivity contribution in [1.29, 1.82) is 0 Å². The molecule has 0 spiro atoms. The number of hydrogen-bond acceptors (Lipinski definition) is 6. The van der Waals surface area contributed by atoms with Crippen LogP contribution in [0, 0.1) is 12.7 Å². The lowest BCUT2D eigenvalue weighted by Gasteiger charge is -2.12. The number of hydrogen-bond donors (Lipinski definition) is 2. The van der Waals surface area contributed by atoms with E-state index in [-0.39, 0.29) is 28.0 Å². The molecule has 3 aromatic heterocycles. The second-order valence-corrected chi connectivity index (χ2v) is 10.2. The molecule has 3 heterocycles. The molecule has 6 aromatic rings. The largest absolute Gasteiger partial charge is 0.349 e. The van der Waals surface area contributed by atoms with Crippen molar-refractivity contribution in [3.05, 3.63) is 88.5 Å². The zero-order valence-corrected chi connectivity index (χ0v) is 20.5. The minimum atomic E-state index is -0.562. The predicted molar refractivity (Wildman–Crippen MR) is 143 cm³/mol. The minimum absolute atomic E-state index is 0.0380. The highest BCUT2D eigenvalue weighted by atomic mass is 32.2. The van der Waals surface area contributed by atoms with E-state index in [1.54, 1.807) is 12.1 Å². The second kappa shape index (κ2) is 8.89. The fraction of sp³-hybridized carbons (Fsp3) is 0.0769. The van der Waals surface area contributed by atoms with Crippen LogP contribution in [0.15, 0.2) is 76.7 Å². The number of aryl methyl sites for hydroxylation is 1. The third-order valence-electron chi connectivity index (χ3n) is 5.71. The summed E-state index contributed by atoms with van der Waals surface area (Å²) in [5.41, 5.74) is 3.07. The first-order valence-corrected chi connectivity index (χ1v) is 12.9. The molecule has 0 bridgehead atoms. The summed E-state index contributed by atoms with van der Waals surface area (Å²) in [7, 11) is 0. The van der Waals surface area contributed by atoms with Gasteiger partial charge in [0.1, 0.15) is 16.9 Å². The first kappa shape index (κ1) is 22.4. The van der Waals surface area contributed by atoms with E-state index in [1.165, 1.54) is 28.0 Å². The van der Waals surface area contributed by atoms with Crippen molar-refractivity contribution in [3.8, 4) is 5.69 Å². The number of rotatable bonds is 5. The molecule has 0 unspecified atom stereocenters. The number of thioether (sulfide) groups is 1. The Bertz CT molecular complexity index is 1860. The highest BCUT2D eigenvalue weighted by Gasteiger charge is 2.20. The second-order valence-electron chi connectivity index (χ2n) is 8.21. The molecular weight excluding hydrogens is 497 g/mol. The molecule has 3 aromatic carbocycles. The van der Waals surface area contributed by atoms with Gasteiger partial charge in [-0.2, -0.15) is 0 Å². The average Bonchev–Trinajstić information content (AvgIpc) is 3.44. The van der Waals surface area contributed by atoms with Crippen LogP contribution in [0.1, 0.15) is 5.56 Å². The van der Waals surface area contributed by atoms with Crippen molar-refractivity contribution < 1.29 is 9.18 Å². The van der Waals surface area contributed by atoms with Gasteiger partial charge in [0.2, 0.25) is 5.91 Å². The van der Waals surface area contributed by atoms with E-state index in [0.717, 1.165) is 38.4 Å². The summed E-state index contributed by atoms with van der Waals surface area (Å²) in [5, 5.41) is 4.31. The number of aromatic nitrogens is 4. The van der Waals surface area contributed by atoms with Gasteiger partial charge in [0.15, 0.2) is 10.3 Å². The lowest BCUT2D eigenvalue weighted by atomic mass is 10.2. The van der Waals surface area contributed by atoms with Crippen LogP contribution in [0.25, 0.3) is 37.8 Å². The standard InChI is InChI=1S/C26H18FN5O2S2/c1-14-10-11-18-20(12-14)36-25(29-18)30-21(33)13-35-26-31-22-15-6-2-4-8-17(15)28-23(22)24(34)32(26)19-9-5-3-7-16(19)27/h2-12,28H,13H2,1H3,(H,29,30,33). The first-order chi connectivity index (χ1) is 17.5. The average molecular weight is 516 g/mol. The fourth-order valence-electron chi connectivity index (χ4n) is 4.06. The summed E-state index contributed by atoms with van der Waals surface area (Å²) in [6, 6.07) is 19.3. The predicted octanol–water partition coefficient (Wildman–Crippen LogP) is 5.66. The van der Waals surface area contributed by atoms with Gasteiger partial charge in [-0.15, -0.1) is 0 Å². The maximum Gasteiger partial charge on any atom is 0.283 e. The third kappa shape index (κ3) is 3.94. The summed E-state index contributed by atoms with van der Waals surface area (Å²) in [4.78, 5) is 38.6. The molecular formula is C26H18FN5O2S2. The number of amides is 1. The smallest absolute Gasteiger partial charge is 0.283 e. The van der Waals surface area contributed by atoms with Crippen molar-refractivity contribution in [2.75, 3.05) is 11.1 Å². The third-order valence-corrected chi connectivity index (χ3v) is 7.58. The summed E-state index contributed by atoms with van der Waals surface area (Å²) in [6.07, 6.45) is 0. The number of para-hydroxylation sites is 2. The van der Waals surface area contributed by atoms with Crippen LogP contribution in [0.4, 0.5) is 9.52 Å². The molecule has 0 atom stereocenters. The van der Waals surface area contributed by atoms with Crippen LogP contribution in [0.2, 0.25) is 0 Å². The van der Waals surface area contributed by atoms with Crippen molar-refractivity contribution in [2.45, 2.75) is 12.1 Å². The molecule has 2 N–H and O–H groups in total. The number of H-pyrrole nitrogens is 1. The number of nitrogens with zero attached hydrogens (tertiary/aromatic N) is 3. The summed E-state index contributed by atoms with van der Waals surface area (Å²) in [6.45, 7) is 2.00. The van der Waals surface area contributed by atoms with Crippen LogP contribution in [0.3, 0.4) is 0 Å². The normalized spacial score (nSPS) is 11.5. The maximum absolute atomic E-state index is 14.8. The Labute approximate surface area is 212 Å². The number of halogens is 1. The van der Waals surface area contributed by atoms with Crippen LogP contribution >= 0.6 is 23.1 Å². The van der Waals surface area contributed by atoms with Crippen molar-refractivity contribution in [1.82, 2.24) is 19.5 Å². The Morgan fingerprint density at radius 3 is 2.78 bits per heavy atom. The van der Waals surface area contributed by atoms with Crippen LogP contribution in [-0.4, -0.2) is 31.2 Å². The minimum Gasteiger partial charge on any atom is -0.349 e. The Kier molecular flexibility index (Phi) is 5.54. The number of carbonyl (C=O) groups excluding carboxylic acids is 1. The van der Waals surface area contributed by atoms with Gasteiger partial charge in [-0.1, -0.05) is 59.5 Å². The topological polar surface area (TPSA) is 92.7 Å². The maximum atomic E-state index is 14.8. The molecule has 6 rings (SSSR count). The highest BCUT2D eigenvalue weighted by Crippen LogP contribution is 2.29. The Morgan fingerprint density at radius 2 is 1.92 bits per heavy atom. The highest BCUT2D eigenvalue weighted by molar-refractivity contribution is 7.99. The molecule has 0 saturated heterocycles. The van der Waals surface area contributed by atoms with Gasteiger partial charge in [-0.25, -0.2) is 14.4 Å². The van der Waals surface area contributed by atoms with E-state index in [4.69, 9.17) is 4.98 Å². The molecule has 7 nitrogen and oxygen atoms in total. The molecule has 1 amide bonds. The van der Waals surface area contributed by atoms with E-state index in [2.05, 4.69) is 15.3 Å². The van der Waals surface area contributed by atoms with Crippen molar-refractivity contribution in [2.24, 2.45) is 0 Å². The number of anilines is 1. The Morgan fingerprint density at radius 1 is 1.11 bits per heavy atom. The van der Waals surface area contributed by atoms with E-state index < -0.39 is 11.4 Å². The fourth-order valence-corrected chi connectivity index (χ4v) is 5.83. The molecule has 178 valence electrons. The van der Waals surface area contributed by atoms with Gasteiger partial charge < -0.3 is 10.3 Å². The zero-order chi connectivity index (χ0) is 24.8. The van der Waals surface area contributed by atoms with Gasteiger partial charge in [0.05, 0.1) is 21.7 Å². The number of aromatic amines is 1. The monoisotopic (exact) mass is 515 g/mol. The number of nitrogens with one attached hydrogen (secondary N) is 2. The first-order valence-electron chi connectivity index (χ1n) is 11.1. The van der Waals surface area contributed by atoms with E-state index in [9.17, 15) is 14.0 Å². The van der Waals surface area contributed by atoms with Crippen molar-refractivity contribution >= 4 is 66.3 Å². The Hall–Kier alpha value is -4.02. The summed E-state index contributed by atoms with van der Waals surface area (Å²) >= 11 is 2.46. The van der Waals surface area contributed by atoms with Crippen LogP contribution in [-0.2, 0) is 4.79 Å². The Balaban J connectivity index is 1.37. The molecule has 0 aliphatic heterocycles. The summed E-state index contributed by atoms with van der Waals surface area (Å²) in [5.74, 6) is -0.902. The van der Waals surface area contributed by atoms with Crippen LogP contribution in [0.5, 0.6) is 0 Å². The molecule has 0 fully saturated rings. The van der Waals surface area contributed by atoms with Gasteiger partial charge in [0, 0.05) is 10.9 Å². The lowest BCUT2D eigenvalue weighted by Crippen LogP contribution is -2.23. The molecule has 0 radical (unpaired) electrons. The van der Waals surface area contributed by atoms with Gasteiger partial charge in [-0.05, 0) is 42.8 Å². The molecule has 0 saturated carbocycles. The molecule has 10 heteroatoms. The summed E-state index contributed by atoms with van der Waals surface area (Å²) < 4.78 is 17.0. The number of thiazole rings is 1. The SMILES string of the molecule is Cc1ccc2nc(NC(=O)CSc3nc4c([nH]c5ccccc54)c(=O)n3-c3ccccc3F)sc2c1. The number of carbonyl (C=O) groups is 1. The molecule has 0 aliphatic rings. The lowest BCUT2D eigenvalue weighted by molar-refractivity contribution is -0.113. The molecule has 0 aliphatic carbocycles. The molecule has 36 heavy (non-hydrogen) atoms. The van der Waals surface area contributed by atoms with Gasteiger partial charge in [-0.3, -0.25) is 14.2 Å². The zero-order valence-electron chi connectivity index (χ0n) is 18.9. The van der Waals surface area contributed by atoms with E-state index in [0.29, 0.717) is 10.6 Å². The van der Waals surface area contributed by atoms with Crippen LogP contribution < -0.4 is 10.9 Å². The quantitative estimate of drug-likeness (QED) is 0.228. The number of benzene rings is 3. The van der Waals surface area contributed by atoms with E-state index >= 15 is 0 Å². The van der Waals surface area contributed by atoms with Crippen molar-refractivity contribution in [3.63, 3.8) is 0 Å². The van der Waals surface area contributed by atoms with Gasteiger partial charge >= 0.3 is 0 Å². The van der Waals surface area contributed by atoms with Gasteiger partial charge in [0.25, 0.3) is 5.56 Å². The van der Waals surface area contributed by atoms with E-state index in [1.807, 2.05) is 49.4 Å².